The van der Waals surface area contributed by atoms with E-state index in [1.165, 1.54) is 6.92 Å². The summed E-state index contributed by atoms with van der Waals surface area (Å²) in [5.74, 6) is -0.360. The maximum atomic E-state index is 11.4. The molecule has 1 aromatic carbocycles. The Balaban J connectivity index is 1.72. The van der Waals surface area contributed by atoms with E-state index in [4.69, 9.17) is 15.2 Å². The van der Waals surface area contributed by atoms with Crippen LogP contribution in [0.25, 0.3) is 0 Å². The van der Waals surface area contributed by atoms with Crippen molar-refractivity contribution in [3.63, 3.8) is 0 Å². The molecule has 3 rings (SSSR count). The van der Waals surface area contributed by atoms with Crippen LogP contribution in [0.5, 0.6) is 0 Å². The Morgan fingerprint density at radius 1 is 1.25 bits per heavy atom. The van der Waals surface area contributed by atoms with Gasteiger partial charge in [-0.1, -0.05) is 0 Å². The second kappa shape index (κ2) is 5.07. The van der Waals surface area contributed by atoms with E-state index in [-0.39, 0.29) is 11.6 Å². The standard InChI is InChI=1S/C15H20N2O3/c1-11(18)13-3-2-12(10-14(13)16)17-6-4-15(5-7-17)19-8-9-20-15/h2-3,10H,4-9,16H2,1H3. The molecule has 2 fully saturated rings. The average molecular weight is 276 g/mol. The van der Waals surface area contributed by atoms with Crippen molar-refractivity contribution >= 4 is 17.2 Å². The SMILES string of the molecule is CC(=O)c1ccc(N2CCC3(CC2)OCCO3)cc1N. The van der Waals surface area contributed by atoms with Crippen molar-refractivity contribution < 1.29 is 14.3 Å². The van der Waals surface area contributed by atoms with Crippen LogP contribution in [-0.2, 0) is 9.47 Å². The van der Waals surface area contributed by atoms with Gasteiger partial charge in [-0.05, 0) is 25.1 Å². The van der Waals surface area contributed by atoms with E-state index < -0.39 is 0 Å². The van der Waals surface area contributed by atoms with Crippen LogP contribution in [-0.4, -0.2) is 37.9 Å². The van der Waals surface area contributed by atoms with Crippen molar-refractivity contribution in [3.8, 4) is 0 Å². The molecule has 0 atom stereocenters. The molecule has 1 aromatic rings. The normalized spacial score (nSPS) is 21.4. The van der Waals surface area contributed by atoms with E-state index in [1.807, 2.05) is 12.1 Å². The van der Waals surface area contributed by atoms with Gasteiger partial charge in [0.25, 0.3) is 0 Å². The third kappa shape index (κ3) is 2.39. The first-order valence-corrected chi connectivity index (χ1v) is 7.03. The Kier molecular flexibility index (Phi) is 3.40. The second-order valence-corrected chi connectivity index (χ2v) is 5.42. The summed E-state index contributed by atoms with van der Waals surface area (Å²) < 4.78 is 11.4. The zero-order valence-corrected chi connectivity index (χ0v) is 11.7. The van der Waals surface area contributed by atoms with Crippen LogP contribution in [0.1, 0.15) is 30.1 Å². The lowest BCUT2D eigenvalue weighted by Crippen LogP contribution is -2.45. The van der Waals surface area contributed by atoms with Crippen molar-refractivity contribution in [3.05, 3.63) is 23.8 Å². The van der Waals surface area contributed by atoms with Gasteiger partial charge in [-0.3, -0.25) is 4.79 Å². The Labute approximate surface area is 118 Å². The first-order chi connectivity index (χ1) is 9.60. The summed E-state index contributed by atoms with van der Waals surface area (Å²) in [5, 5.41) is 0. The van der Waals surface area contributed by atoms with Gasteiger partial charge in [0.05, 0.1) is 13.2 Å². The van der Waals surface area contributed by atoms with Crippen molar-refractivity contribution in [2.45, 2.75) is 25.6 Å². The zero-order valence-electron chi connectivity index (χ0n) is 11.7. The Bertz CT molecular complexity index is 514. The lowest BCUT2D eigenvalue weighted by Gasteiger charge is -2.38. The summed E-state index contributed by atoms with van der Waals surface area (Å²) in [6.07, 6.45) is 1.72. The number of ketones is 1. The number of Topliss-reactive ketones (excluding diaryl/α,β-unsaturated/α-hetero) is 1. The number of piperidine rings is 1. The number of carbonyl (C=O) groups is 1. The fourth-order valence-electron chi connectivity index (χ4n) is 2.96. The molecular formula is C15H20N2O3. The number of nitrogens with zero attached hydrogens (tertiary/aromatic N) is 1. The number of hydrogen-bond donors (Lipinski definition) is 1. The van der Waals surface area contributed by atoms with Crippen molar-refractivity contribution in [1.82, 2.24) is 0 Å². The largest absolute Gasteiger partial charge is 0.398 e. The van der Waals surface area contributed by atoms with E-state index in [0.717, 1.165) is 31.6 Å². The van der Waals surface area contributed by atoms with Crippen LogP contribution in [0.2, 0.25) is 0 Å². The summed E-state index contributed by atoms with van der Waals surface area (Å²) in [6.45, 7) is 4.67. The van der Waals surface area contributed by atoms with E-state index in [1.54, 1.807) is 6.07 Å². The number of nitrogen functional groups attached to an aromatic ring is 1. The van der Waals surface area contributed by atoms with Gasteiger partial charge in [-0.15, -0.1) is 0 Å². The van der Waals surface area contributed by atoms with Crippen LogP contribution in [0.15, 0.2) is 18.2 Å². The van der Waals surface area contributed by atoms with Gasteiger partial charge in [-0.2, -0.15) is 0 Å². The molecule has 2 saturated heterocycles. The van der Waals surface area contributed by atoms with Crippen LogP contribution in [0.4, 0.5) is 11.4 Å². The minimum absolute atomic E-state index is 0.000553. The molecule has 5 nitrogen and oxygen atoms in total. The highest BCUT2D eigenvalue weighted by Gasteiger charge is 2.39. The molecule has 0 radical (unpaired) electrons. The number of carbonyl (C=O) groups excluding carboxylic acids is 1. The summed E-state index contributed by atoms with van der Waals surface area (Å²) in [7, 11) is 0. The van der Waals surface area contributed by atoms with Crippen molar-refractivity contribution in [1.29, 1.82) is 0 Å². The predicted molar refractivity (Wildman–Crippen MR) is 76.9 cm³/mol. The summed E-state index contributed by atoms with van der Waals surface area (Å²) in [4.78, 5) is 13.7. The Morgan fingerprint density at radius 3 is 2.45 bits per heavy atom. The summed E-state index contributed by atoms with van der Waals surface area (Å²) >= 11 is 0. The highest BCUT2D eigenvalue weighted by molar-refractivity contribution is 5.99. The Hall–Kier alpha value is -1.59. The summed E-state index contributed by atoms with van der Waals surface area (Å²) in [5.41, 5.74) is 8.14. The molecule has 108 valence electrons. The third-order valence-electron chi connectivity index (χ3n) is 4.12. The quantitative estimate of drug-likeness (QED) is 0.659. The van der Waals surface area contributed by atoms with Gasteiger partial charge in [0.15, 0.2) is 11.6 Å². The lowest BCUT2D eigenvalue weighted by molar-refractivity contribution is -0.169. The fourth-order valence-corrected chi connectivity index (χ4v) is 2.96. The molecule has 0 aromatic heterocycles. The molecule has 0 aliphatic carbocycles. The molecule has 2 N–H and O–H groups in total. The third-order valence-corrected chi connectivity index (χ3v) is 4.12. The van der Waals surface area contributed by atoms with Gasteiger partial charge in [-0.25, -0.2) is 0 Å². The smallest absolute Gasteiger partial charge is 0.171 e. The van der Waals surface area contributed by atoms with Crippen LogP contribution in [0.3, 0.4) is 0 Å². The molecule has 0 amide bonds. The van der Waals surface area contributed by atoms with E-state index >= 15 is 0 Å². The molecule has 0 unspecified atom stereocenters. The van der Waals surface area contributed by atoms with Gasteiger partial charge < -0.3 is 20.1 Å². The highest BCUT2D eigenvalue weighted by Crippen LogP contribution is 2.33. The molecule has 20 heavy (non-hydrogen) atoms. The van der Waals surface area contributed by atoms with E-state index in [9.17, 15) is 4.79 Å². The summed E-state index contributed by atoms with van der Waals surface area (Å²) in [6, 6.07) is 5.65. The number of ether oxygens (including phenoxy) is 2. The van der Waals surface area contributed by atoms with Gasteiger partial charge >= 0.3 is 0 Å². The number of nitrogens with two attached hydrogens (primary N) is 1. The monoisotopic (exact) mass is 276 g/mol. The molecule has 1 spiro atoms. The Morgan fingerprint density at radius 2 is 1.90 bits per heavy atom. The highest BCUT2D eigenvalue weighted by atomic mass is 16.7. The lowest BCUT2D eigenvalue weighted by atomic mass is 10.0. The minimum atomic E-state index is -0.360. The minimum Gasteiger partial charge on any atom is -0.398 e. The average Bonchev–Trinajstić information content (AvgIpc) is 2.87. The van der Waals surface area contributed by atoms with Gasteiger partial charge in [0.1, 0.15) is 0 Å². The molecule has 5 heteroatoms. The zero-order chi connectivity index (χ0) is 14.2. The van der Waals surface area contributed by atoms with Gasteiger partial charge in [0, 0.05) is 42.9 Å². The number of hydrogen-bond acceptors (Lipinski definition) is 5. The molecular weight excluding hydrogens is 256 g/mol. The molecule has 0 bridgehead atoms. The number of anilines is 2. The van der Waals surface area contributed by atoms with Crippen LogP contribution >= 0.6 is 0 Å². The predicted octanol–water partition coefficient (Wildman–Crippen LogP) is 1.81. The van der Waals surface area contributed by atoms with Crippen LogP contribution < -0.4 is 10.6 Å². The fraction of sp³-hybridized carbons (Fsp3) is 0.533. The second-order valence-electron chi connectivity index (χ2n) is 5.42. The van der Waals surface area contributed by atoms with Crippen LogP contribution in [0, 0.1) is 0 Å². The maximum Gasteiger partial charge on any atom is 0.171 e. The number of rotatable bonds is 2. The van der Waals surface area contributed by atoms with Crippen molar-refractivity contribution in [2.24, 2.45) is 0 Å². The van der Waals surface area contributed by atoms with Crippen molar-refractivity contribution in [2.75, 3.05) is 36.9 Å². The first kappa shape index (κ1) is 13.4. The first-order valence-electron chi connectivity index (χ1n) is 7.03. The molecule has 2 aliphatic heterocycles. The maximum absolute atomic E-state index is 11.4. The number of benzene rings is 1. The molecule has 2 aliphatic rings. The topological polar surface area (TPSA) is 64.8 Å². The molecule has 2 heterocycles. The van der Waals surface area contributed by atoms with E-state index in [0.29, 0.717) is 24.5 Å². The van der Waals surface area contributed by atoms with E-state index in [2.05, 4.69) is 4.90 Å². The molecule has 0 saturated carbocycles. The van der Waals surface area contributed by atoms with Gasteiger partial charge in [0.2, 0.25) is 0 Å².